The summed E-state index contributed by atoms with van der Waals surface area (Å²) in [6.45, 7) is 0. The van der Waals surface area contributed by atoms with E-state index in [-0.39, 0.29) is 0 Å². The molecule has 0 saturated heterocycles. The van der Waals surface area contributed by atoms with Gasteiger partial charge in [-0.3, -0.25) is 0 Å². The van der Waals surface area contributed by atoms with E-state index in [0.717, 1.165) is 20.8 Å². The highest BCUT2D eigenvalue weighted by molar-refractivity contribution is 14.1. The van der Waals surface area contributed by atoms with Crippen LogP contribution in [0.25, 0.3) is 11.0 Å². The monoisotopic (exact) mass is 345 g/mol. The van der Waals surface area contributed by atoms with Gasteiger partial charge in [0, 0.05) is 34.3 Å². The van der Waals surface area contributed by atoms with E-state index in [4.69, 9.17) is 11.6 Å². The van der Waals surface area contributed by atoms with Crippen molar-refractivity contribution in [3.63, 3.8) is 0 Å². The van der Waals surface area contributed by atoms with Gasteiger partial charge in [-0.25, -0.2) is 9.97 Å². The first-order valence-corrected chi connectivity index (χ1v) is 6.84. The lowest BCUT2D eigenvalue weighted by molar-refractivity contribution is -0.0859. The average Bonchev–Trinajstić information content (AvgIpc) is 2.44. The highest BCUT2D eigenvalue weighted by Crippen LogP contribution is 2.62. The van der Waals surface area contributed by atoms with E-state index < -0.39 is 0 Å². The first-order valence-electron chi connectivity index (χ1n) is 5.39. The molecule has 2 heterocycles. The van der Waals surface area contributed by atoms with Crippen molar-refractivity contribution in [1.82, 2.24) is 14.5 Å². The van der Waals surface area contributed by atoms with Crippen LogP contribution in [0.15, 0.2) is 12.3 Å². The zero-order valence-electron chi connectivity index (χ0n) is 8.45. The summed E-state index contributed by atoms with van der Waals surface area (Å²) in [6.07, 6.45) is 6.07. The largest absolute Gasteiger partial charge is 0.326 e. The molecule has 3 saturated carbocycles. The molecule has 82 valence electrons. The van der Waals surface area contributed by atoms with Crippen LogP contribution in [0, 0.1) is 9.75 Å². The third kappa shape index (κ3) is 1.05. The molecule has 2 aromatic heterocycles. The molecule has 16 heavy (non-hydrogen) atoms. The maximum absolute atomic E-state index is 6.13. The fourth-order valence-electron chi connectivity index (χ4n) is 3.06. The highest BCUT2D eigenvalue weighted by atomic mass is 127. The van der Waals surface area contributed by atoms with Crippen molar-refractivity contribution in [2.75, 3.05) is 0 Å². The van der Waals surface area contributed by atoms with E-state index in [9.17, 15) is 0 Å². The molecule has 3 fully saturated rings. The first kappa shape index (κ1) is 9.65. The minimum atomic E-state index is 0.368. The van der Waals surface area contributed by atoms with Crippen molar-refractivity contribution in [1.29, 1.82) is 0 Å². The molecule has 3 aliphatic carbocycles. The van der Waals surface area contributed by atoms with Gasteiger partial charge in [0.15, 0.2) is 3.83 Å². The number of hydrogen-bond donors (Lipinski definition) is 0. The van der Waals surface area contributed by atoms with E-state index >= 15 is 0 Å². The van der Waals surface area contributed by atoms with Crippen molar-refractivity contribution >= 4 is 45.2 Å². The van der Waals surface area contributed by atoms with Gasteiger partial charge in [0.1, 0.15) is 10.8 Å². The SMILES string of the molecule is Clc1nc(I)nc2c1ccn2C12CC(C1)C2. The molecule has 0 aliphatic heterocycles. The van der Waals surface area contributed by atoms with Crippen LogP contribution in [0.5, 0.6) is 0 Å². The fraction of sp³-hybridized carbons (Fsp3) is 0.455. The fourth-order valence-corrected chi connectivity index (χ4v) is 3.90. The Labute approximate surface area is 111 Å². The second-order valence-electron chi connectivity index (χ2n) is 4.91. The van der Waals surface area contributed by atoms with Crippen molar-refractivity contribution in [3.05, 3.63) is 21.2 Å². The van der Waals surface area contributed by atoms with Gasteiger partial charge >= 0.3 is 0 Å². The number of rotatable bonds is 1. The Balaban J connectivity index is 1.99. The van der Waals surface area contributed by atoms with Crippen molar-refractivity contribution in [3.8, 4) is 0 Å². The molecule has 0 atom stereocenters. The standard InChI is InChI=1S/C11H9ClIN3/c12-8-7-1-2-16(9(7)15-10(13)14-8)11-3-6(4-11)5-11/h1-2,6H,3-5H2. The molecule has 0 aromatic carbocycles. The van der Waals surface area contributed by atoms with Crippen LogP contribution in [0.2, 0.25) is 5.15 Å². The van der Waals surface area contributed by atoms with E-state index in [2.05, 4.69) is 43.3 Å². The third-order valence-corrected chi connectivity index (χ3v) is 4.76. The lowest BCUT2D eigenvalue weighted by Gasteiger charge is -2.62. The number of nitrogens with zero attached hydrogens (tertiary/aromatic N) is 3. The summed E-state index contributed by atoms with van der Waals surface area (Å²) in [6, 6.07) is 2.04. The quantitative estimate of drug-likeness (QED) is 0.451. The summed E-state index contributed by atoms with van der Waals surface area (Å²) in [5.41, 5.74) is 1.37. The van der Waals surface area contributed by atoms with Gasteiger partial charge in [0.05, 0.1) is 5.39 Å². The molecular formula is C11H9ClIN3. The topological polar surface area (TPSA) is 30.7 Å². The maximum Gasteiger partial charge on any atom is 0.194 e. The number of hydrogen-bond acceptors (Lipinski definition) is 2. The van der Waals surface area contributed by atoms with Gasteiger partial charge in [-0.2, -0.15) is 0 Å². The average molecular weight is 346 g/mol. The van der Waals surface area contributed by atoms with E-state index in [1.165, 1.54) is 19.3 Å². The molecule has 0 spiro atoms. The molecule has 0 amide bonds. The summed E-state index contributed by atoms with van der Waals surface area (Å²) in [7, 11) is 0. The van der Waals surface area contributed by atoms with Crippen LogP contribution in [0.3, 0.4) is 0 Å². The Kier molecular flexibility index (Phi) is 1.75. The summed E-state index contributed by atoms with van der Waals surface area (Å²) >= 11 is 8.25. The van der Waals surface area contributed by atoms with Gasteiger partial charge in [0.25, 0.3) is 0 Å². The Hall–Kier alpha value is -0.360. The van der Waals surface area contributed by atoms with Gasteiger partial charge in [-0.15, -0.1) is 0 Å². The summed E-state index contributed by atoms with van der Waals surface area (Å²) in [4.78, 5) is 8.70. The number of aromatic nitrogens is 3. The van der Waals surface area contributed by atoms with Crippen molar-refractivity contribution in [2.24, 2.45) is 5.92 Å². The smallest absolute Gasteiger partial charge is 0.194 e. The first-order chi connectivity index (χ1) is 7.68. The number of halogens is 2. The Morgan fingerprint density at radius 2 is 2.12 bits per heavy atom. The van der Waals surface area contributed by atoms with Crippen LogP contribution in [0.4, 0.5) is 0 Å². The van der Waals surface area contributed by atoms with Gasteiger partial charge < -0.3 is 4.57 Å². The minimum Gasteiger partial charge on any atom is -0.326 e. The summed E-state index contributed by atoms with van der Waals surface area (Å²) in [5.74, 6) is 0.967. The molecule has 0 N–H and O–H groups in total. The zero-order valence-corrected chi connectivity index (χ0v) is 11.4. The van der Waals surface area contributed by atoms with Crippen molar-refractivity contribution < 1.29 is 0 Å². The number of fused-ring (bicyclic) bond motifs is 1. The molecule has 0 unspecified atom stereocenters. The van der Waals surface area contributed by atoms with E-state index in [1.54, 1.807) is 0 Å². The van der Waals surface area contributed by atoms with E-state index in [0.29, 0.717) is 10.7 Å². The summed E-state index contributed by atoms with van der Waals surface area (Å²) in [5, 5.41) is 1.55. The minimum absolute atomic E-state index is 0.368. The second kappa shape index (κ2) is 2.90. The molecule has 3 nitrogen and oxygen atoms in total. The second-order valence-corrected chi connectivity index (χ2v) is 6.23. The highest BCUT2D eigenvalue weighted by Gasteiger charge is 2.58. The van der Waals surface area contributed by atoms with Crippen LogP contribution >= 0.6 is 34.2 Å². The lowest BCUT2D eigenvalue weighted by atomic mass is 9.49. The predicted octanol–water partition coefficient (Wildman–Crippen LogP) is 3.20. The van der Waals surface area contributed by atoms with Crippen molar-refractivity contribution in [2.45, 2.75) is 24.8 Å². The normalized spacial score (nSPS) is 31.2. The zero-order chi connectivity index (χ0) is 10.9. The van der Waals surface area contributed by atoms with Gasteiger partial charge in [0.2, 0.25) is 0 Å². The van der Waals surface area contributed by atoms with Crippen LogP contribution in [-0.2, 0) is 5.54 Å². The predicted molar refractivity (Wildman–Crippen MR) is 70.6 cm³/mol. The van der Waals surface area contributed by atoms with Crippen LogP contribution < -0.4 is 0 Å². The summed E-state index contributed by atoms with van der Waals surface area (Å²) < 4.78 is 3.04. The van der Waals surface area contributed by atoms with Gasteiger partial charge in [-0.05, 0) is 31.2 Å². The lowest BCUT2D eigenvalue weighted by Crippen LogP contribution is -2.59. The van der Waals surface area contributed by atoms with Gasteiger partial charge in [-0.1, -0.05) is 11.6 Å². The molecule has 5 rings (SSSR count). The molecule has 2 aromatic rings. The van der Waals surface area contributed by atoms with Crippen LogP contribution in [0.1, 0.15) is 19.3 Å². The van der Waals surface area contributed by atoms with Crippen LogP contribution in [-0.4, -0.2) is 14.5 Å². The maximum atomic E-state index is 6.13. The molecular weight excluding hydrogens is 336 g/mol. The third-order valence-electron chi connectivity index (χ3n) is 3.99. The Morgan fingerprint density at radius 1 is 1.38 bits per heavy atom. The Morgan fingerprint density at radius 3 is 2.75 bits per heavy atom. The molecule has 3 aliphatic rings. The molecule has 0 radical (unpaired) electrons. The van der Waals surface area contributed by atoms with E-state index in [1.807, 2.05) is 6.07 Å². The molecule has 5 heteroatoms. The molecule has 2 bridgehead atoms. The Bertz CT molecular complexity index is 590.